The topological polar surface area (TPSA) is 46.1 Å². The van der Waals surface area contributed by atoms with Gasteiger partial charge < -0.3 is 4.90 Å². The zero-order valence-corrected chi connectivity index (χ0v) is 15.4. The molecule has 0 atom stereocenters. The maximum Gasteiger partial charge on any atom is 0.255 e. The zero-order valence-electron chi connectivity index (χ0n) is 15.4. The molecule has 0 radical (unpaired) electrons. The lowest BCUT2D eigenvalue weighted by Gasteiger charge is -2.15. The summed E-state index contributed by atoms with van der Waals surface area (Å²) in [5.74, 6) is 0.0928. The Morgan fingerprint density at radius 3 is 2.75 bits per heavy atom. The molecule has 2 aromatic carbocycles. The van der Waals surface area contributed by atoms with Crippen LogP contribution in [0.15, 0.2) is 79.1 Å². The number of hydrogen-bond acceptors (Lipinski definition) is 3. The van der Waals surface area contributed by atoms with Crippen LogP contribution in [0.25, 0.3) is 22.0 Å². The summed E-state index contributed by atoms with van der Waals surface area (Å²) in [4.78, 5) is 24.0. The second-order valence-corrected chi connectivity index (χ2v) is 7.05. The van der Waals surface area contributed by atoms with E-state index in [1.807, 2.05) is 59.6 Å². The van der Waals surface area contributed by atoms with Crippen LogP contribution >= 0.6 is 0 Å². The Morgan fingerprint density at radius 1 is 0.929 bits per heavy atom. The van der Waals surface area contributed by atoms with E-state index in [2.05, 4.69) is 23.2 Å². The molecule has 28 heavy (non-hydrogen) atoms. The first-order valence-corrected chi connectivity index (χ1v) is 9.46. The predicted molar refractivity (Wildman–Crippen MR) is 110 cm³/mol. The van der Waals surface area contributed by atoms with E-state index in [4.69, 9.17) is 4.98 Å². The molecule has 0 fully saturated rings. The van der Waals surface area contributed by atoms with Crippen molar-refractivity contribution >= 4 is 16.8 Å². The highest BCUT2D eigenvalue weighted by Gasteiger charge is 2.29. The van der Waals surface area contributed by atoms with Crippen molar-refractivity contribution in [3.8, 4) is 11.1 Å². The zero-order chi connectivity index (χ0) is 18.9. The average molecular weight is 365 g/mol. The Labute approximate surface area is 163 Å². The highest BCUT2D eigenvalue weighted by Crippen LogP contribution is 2.32. The van der Waals surface area contributed by atoms with Crippen molar-refractivity contribution in [1.82, 2.24) is 14.9 Å². The number of aromatic nitrogens is 2. The third-order valence-electron chi connectivity index (χ3n) is 5.28. The van der Waals surface area contributed by atoms with Crippen LogP contribution in [0.3, 0.4) is 0 Å². The normalized spacial score (nSPS) is 13.1. The number of carbonyl (C=O) groups excluding carboxylic acids is 1. The summed E-state index contributed by atoms with van der Waals surface area (Å²) in [7, 11) is 0. The number of para-hydroxylation sites is 1. The van der Waals surface area contributed by atoms with E-state index in [-0.39, 0.29) is 5.91 Å². The van der Waals surface area contributed by atoms with E-state index < -0.39 is 0 Å². The first-order valence-electron chi connectivity index (χ1n) is 9.46. The molecular formula is C24H19N3O. The number of nitrogens with zero attached hydrogens (tertiary/aromatic N) is 3. The van der Waals surface area contributed by atoms with Crippen molar-refractivity contribution < 1.29 is 4.79 Å². The van der Waals surface area contributed by atoms with Gasteiger partial charge in [-0.1, -0.05) is 48.5 Å². The van der Waals surface area contributed by atoms with Crippen LogP contribution in [0.4, 0.5) is 0 Å². The fourth-order valence-electron chi connectivity index (χ4n) is 3.86. The molecule has 3 heterocycles. The number of hydrogen-bond donors (Lipinski definition) is 0. The molecule has 0 saturated heterocycles. The molecule has 136 valence electrons. The molecule has 5 rings (SSSR count). The van der Waals surface area contributed by atoms with Crippen molar-refractivity contribution in [2.45, 2.75) is 13.0 Å². The Hall–Kier alpha value is -3.53. The van der Waals surface area contributed by atoms with Crippen molar-refractivity contribution in [3.05, 3.63) is 95.9 Å². The van der Waals surface area contributed by atoms with Gasteiger partial charge in [0, 0.05) is 48.5 Å². The van der Waals surface area contributed by atoms with Crippen LogP contribution in [0.1, 0.15) is 21.6 Å². The molecule has 4 heteroatoms. The van der Waals surface area contributed by atoms with Crippen molar-refractivity contribution in [3.63, 3.8) is 0 Å². The molecule has 0 bridgehead atoms. The highest BCUT2D eigenvalue weighted by atomic mass is 16.2. The van der Waals surface area contributed by atoms with Gasteiger partial charge in [-0.25, -0.2) is 0 Å². The van der Waals surface area contributed by atoms with Crippen LogP contribution in [0.5, 0.6) is 0 Å². The third kappa shape index (κ3) is 2.93. The van der Waals surface area contributed by atoms with E-state index >= 15 is 0 Å². The van der Waals surface area contributed by atoms with Crippen molar-refractivity contribution in [2.24, 2.45) is 0 Å². The number of rotatable bonds is 4. The van der Waals surface area contributed by atoms with E-state index in [0.29, 0.717) is 13.1 Å². The van der Waals surface area contributed by atoms with Crippen LogP contribution in [-0.2, 0) is 13.0 Å². The quantitative estimate of drug-likeness (QED) is 0.535. The molecule has 0 aliphatic carbocycles. The Balaban J connectivity index is 1.38. The van der Waals surface area contributed by atoms with Gasteiger partial charge in [0.25, 0.3) is 5.91 Å². The van der Waals surface area contributed by atoms with Gasteiger partial charge in [-0.2, -0.15) is 0 Å². The van der Waals surface area contributed by atoms with E-state index in [9.17, 15) is 4.79 Å². The van der Waals surface area contributed by atoms with Crippen molar-refractivity contribution in [2.75, 3.05) is 6.54 Å². The summed E-state index contributed by atoms with van der Waals surface area (Å²) in [5.41, 5.74) is 5.83. The summed E-state index contributed by atoms with van der Waals surface area (Å²) in [6.45, 7) is 1.31. The summed E-state index contributed by atoms with van der Waals surface area (Å²) in [6.07, 6.45) is 4.30. The summed E-state index contributed by atoms with van der Waals surface area (Å²) in [5, 5.41) is 1.14. The van der Waals surface area contributed by atoms with Gasteiger partial charge in [0.05, 0.1) is 11.1 Å². The second-order valence-electron chi connectivity index (χ2n) is 7.05. The molecule has 4 nitrogen and oxygen atoms in total. The largest absolute Gasteiger partial charge is 0.334 e. The molecule has 0 N–H and O–H groups in total. The fourth-order valence-corrected chi connectivity index (χ4v) is 3.86. The Kier molecular flexibility index (Phi) is 4.09. The van der Waals surface area contributed by atoms with E-state index in [1.165, 1.54) is 0 Å². The molecule has 1 aliphatic rings. The van der Waals surface area contributed by atoms with Gasteiger partial charge in [-0.15, -0.1) is 0 Å². The van der Waals surface area contributed by atoms with Gasteiger partial charge in [0.15, 0.2) is 0 Å². The van der Waals surface area contributed by atoms with Gasteiger partial charge in [-0.3, -0.25) is 14.8 Å². The minimum absolute atomic E-state index is 0.0928. The molecular weight excluding hydrogens is 346 g/mol. The number of benzene rings is 2. The van der Waals surface area contributed by atoms with Gasteiger partial charge >= 0.3 is 0 Å². The van der Waals surface area contributed by atoms with Crippen LogP contribution in [0.2, 0.25) is 0 Å². The summed E-state index contributed by atoms with van der Waals surface area (Å²) >= 11 is 0. The van der Waals surface area contributed by atoms with E-state index in [1.54, 1.807) is 6.20 Å². The minimum atomic E-state index is 0.0928. The second kappa shape index (κ2) is 6.89. The number of carbonyl (C=O) groups is 1. The molecule has 1 amide bonds. The number of pyridine rings is 2. The number of fused-ring (bicyclic) bond motifs is 2. The van der Waals surface area contributed by atoms with Crippen LogP contribution in [0, 0.1) is 0 Å². The van der Waals surface area contributed by atoms with Crippen LogP contribution < -0.4 is 0 Å². The fraction of sp³-hybridized carbons (Fsp3) is 0.125. The maximum atomic E-state index is 13.1. The van der Waals surface area contributed by atoms with E-state index in [0.717, 1.165) is 45.3 Å². The first-order chi connectivity index (χ1) is 13.8. The predicted octanol–water partition coefficient (Wildman–Crippen LogP) is 4.50. The molecule has 1 aliphatic heterocycles. The smallest absolute Gasteiger partial charge is 0.255 e. The van der Waals surface area contributed by atoms with Gasteiger partial charge in [0.1, 0.15) is 0 Å². The molecule has 0 spiro atoms. The Morgan fingerprint density at radius 2 is 1.86 bits per heavy atom. The van der Waals surface area contributed by atoms with Crippen LogP contribution in [-0.4, -0.2) is 27.3 Å². The lowest BCUT2D eigenvalue weighted by molar-refractivity contribution is 0.0780. The molecule has 2 aromatic heterocycles. The minimum Gasteiger partial charge on any atom is -0.334 e. The third-order valence-corrected chi connectivity index (χ3v) is 5.28. The summed E-state index contributed by atoms with van der Waals surface area (Å²) in [6, 6.07) is 22.2. The average Bonchev–Trinajstić information content (AvgIpc) is 3.08. The highest BCUT2D eigenvalue weighted by molar-refractivity contribution is 6.04. The number of amides is 1. The SMILES string of the molecule is O=C1c2c(cccc2-c2cccnc2)CN1CCc1ccc2ccccc2n1. The first kappa shape index (κ1) is 16.6. The summed E-state index contributed by atoms with van der Waals surface area (Å²) < 4.78 is 0. The monoisotopic (exact) mass is 365 g/mol. The molecule has 0 unspecified atom stereocenters. The maximum absolute atomic E-state index is 13.1. The lowest BCUT2D eigenvalue weighted by atomic mass is 9.98. The molecule has 4 aromatic rings. The lowest BCUT2D eigenvalue weighted by Crippen LogP contribution is -2.26. The van der Waals surface area contributed by atoms with Gasteiger partial charge in [-0.05, 0) is 29.3 Å². The van der Waals surface area contributed by atoms with Gasteiger partial charge in [0.2, 0.25) is 0 Å². The van der Waals surface area contributed by atoms with Crippen molar-refractivity contribution in [1.29, 1.82) is 0 Å². The Bertz CT molecular complexity index is 1170. The molecule has 0 saturated carbocycles. The standard InChI is InChI=1S/C24H19N3O/c28-24-23-19(6-3-8-21(23)18-7-4-13-25-15-18)16-27(24)14-12-20-11-10-17-5-1-2-9-22(17)26-20/h1-11,13,15H,12,14,16H2.